The number of amides is 1. The summed E-state index contributed by atoms with van der Waals surface area (Å²) in [5, 5.41) is 6.89. The summed E-state index contributed by atoms with van der Waals surface area (Å²) in [5.41, 5.74) is 1.21. The molecule has 0 saturated carbocycles. The lowest BCUT2D eigenvalue weighted by Gasteiger charge is -2.29. The number of hydrogen-bond acceptors (Lipinski definition) is 5. The summed E-state index contributed by atoms with van der Waals surface area (Å²) in [7, 11) is 1.43. The van der Waals surface area contributed by atoms with E-state index in [0.29, 0.717) is 18.3 Å². The van der Waals surface area contributed by atoms with Gasteiger partial charge in [0.15, 0.2) is 0 Å². The molecule has 0 radical (unpaired) electrons. The molecule has 0 unspecified atom stereocenters. The average Bonchev–Trinajstić information content (AvgIpc) is 3.18. The van der Waals surface area contributed by atoms with E-state index in [0.717, 1.165) is 26.2 Å². The van der Waals surface area contributed by atoms with Gasteiger partial charge in [0.2, 0.25) is 5.91 Å². The fourth-order valence-corrected chi connectivity index (χ4v) is 4.07. The van der Waals surface area contributed by atoms with Gasteiger partial charge >= 0.3 is 5.97 Å². The number of benzene rings is 1. The molecule has 1 aromatic rings. The van der Waals surface area contributed by atoms with Crippen LogP contribution in [0.25, 0.3) is 0 Å². The van der Waals surface area contributed by atoms with Crippen LogP contribution in [0.5, 0.6) is 0 Å². The number of carbonyl (C=O) groups is 3. The Bertz CT molecular complexity index is 622. The van der Waals surface area contributed by atoms with Crippen molar-refractivity contribution in [3.63, 3.8) is 0 Å². The van der Waals surface area contributed by atoms with Crippen molar-refractivity contribution in [3.8, 4) is 0 Å². The van der Waals surface area contributed by atoms with Crippen molar-refractivity contribution in [3.05, 3.63) is 35.9 Å². The highest BCUT2D eigenvalue weighted by molar-refractivity contribution is 5.74. The van der Waals surface area contributed by atoms with Crippen molar-refractivity contribution in [2.75, 3.05) is 33.3 Å². The maximum absolute atomic E-state index is 12.0. The molecule has 0 aliphatic carbocycles. The van der Waals surface area contributed by atoms with Gasteiger partial charge in [-0.1, -0.05) is 30.3 Å². The minimum absolute atomic E-state index is 0.148. The Morgan fingerprint density at radius 3 is 2.46 bits per heavy atom. The van der Waals surface area contributed by atoms with Gasteiger partial charge in [0.1, 0.15) is 0 Å². The predicted octanol–water partition coefficient (Wildman–Crippen LogP) is 1.40. The fraction of sp³-hybridized carbons (Fsp3) is 0.526. The first-order valence-electron chi connectivity index (χ1n) is 8.71. The first-order chi connectivity index (χ1) is 12.5. The standard InChI is InChI=1S/C18H24N2O3.CH2O2/c1-13(21)20-11-15-10-19(9-8-17(22)23-2)12-16(15)18(20)14-6-4-3-5-7-14;2-1-3/h3-7,15-16,18H,8-12H2,1-2H3;1H,(H,2,3)/t15-,16-,18-;/m1./s1. The van der Waals surface area contributed by atoms with Crippen LogP contribution in [-0.2, 0) is 19.1 Å². The smallest absolute Gasteiger partial charge is 0.306 e. The Balaban J connectivity index is 0.000000758. The summed E-state index contributed by atoms with van der Waals surface area (Å²) in [5.74, 6) is 0.919. The second-order valence-electron chi connectivity index (χ2n) is 6.64. The molecule has 2 heterocycles. The molecule has 3 rings (SSSR count). The van der Waals surface area contributed by atoms with E-state index in [2.05, 4.69) is 17.0 Å². The Hall–Kier alpha value is -2.41. The van der Waals surface area contributed by atoms with Gasteiger partial charge in [0, 0.05) is 39.0 Å². The molecule has 7 nitrogen and oxygen atoms in total. The van der Waals surface area contributed by atoms with Crippen molar-refractivity contribution >= 4 is 18.3 Å². The van der Waals surface area contributed by atoms with E-state index in [-0.39, 0.29) is 24.4 Å². The molecule has 1 N–H and O–H groups in total. The first kappa shape index (κ1) is 19.9. The largest absolute Gasteiger partial charge is 0.483 e. The van der Waals surface area contributed by atoms with Crippen LogP contribution in [0, 0.1) is 11.8 Å². The van der Waals surface area contributed by atoms with Crippen molar-refractivity contribution in [2.24, 2.45) is 11.8 Å². The number of ether oxygens (including phenoxy) is 1. The zero-order chi connectivity index (χ0) is 19.1. The number of carbonyl (C=O) groups excluding carboxylic acids is 2. The van der Waals surface area contributed by atoms with E-state index in [4.69, 9.17) is 14.6 Å². The van der Waals surface area contributed by atoms with Gasteiger partial charge < -0.3 is 19.6 Å². The van der Waals surface area contributed by atoms with Crippen LogP contribution in [0.2, 0.25) is 0 Å². The van der Waals surface area contributed by atoms with Gasteiger partial charge in [-0.2, -0.15) is 0 Å². The normalized spacial score (nSPS) is 24.4. The highest BCUT2D eigenvalue weighted by atomic mass is 16.5. The van der Waals surface area contributed by atoms with Crippen LogP contribution in [0.1, 0.15) is 24.9 Å². The number of rotatable bonds is 4. The predicted molar refractivity (Wildman–Crippen MR) is 95.3 cm³/mol. The molecule has 2 saturated heterocycles. The maximum atomic E-state index is 12.0. The number of hydrogen-bond donors (Lipinski definition) is 1. The number of carboxylic acid groups (broad SMARTS) is 1. The van der Waals surface area contributed by atoms with Crippen LogP contribution in [-0.4, -0.2) is 66.5 Å². The van der Waals surface area contributed by atoms with Gasteiger partial charge in [-0.15, -0.1) is 0 Å². The lowest BCUT2D eigenvalue weighted by atomic mass is 9.89. The highest BCUT2D eigenvalue weighted by Crippen LogP contribution is 2.44. The lowest BCUT2D eigenvalue weighted by molar-refractivity contribution is -0.141. The van der Waals surface area contributed by atoms with Crippen LogP contribution in [0.4, 0.5) is 0 Å². The third-order valence-electron chi connectivity index (χ3n) is 5.15. The number of methoxy groups -OCH3 is 1. The Morgan fingerprint density at radius 1 is 1.23 bits per heavy atom. The van der Waals surface area contributed by atoms with Crippen LogP contribution in [0.3, 0.4) is 0 Å². The van der Waals surface area contributed by atoms with Gasteiger partial charge in [0.25, 0.3) is 6.47 Å². The molecule has 1 amide bonds. The third-order valence-corrected chi connectivity index (χ3v) is 5.15. The quantitative estimate of drug-likeness (QED) is 0.644. The van der Waals surface area contributed by atoms with E-state index in [1.165, 1.54) is 12.7 Å². The summed E-state index contributed by atoms with van der Waals surface area (Å²) in [6, 6.07) is 10.4. The van der Waals surface area contributed by atoms with Crippen molar-refractivity contribution < 1.29 is 24.2 Å². The van der Waals surface area contributed by atoms with Crippen LogP contribution < -0.4 is 0 Å². The van der Waals surface area contributed by atoms with E-state index in [9.17, 15) is 9.59 Å². The zero-order valence-electron chi connectivity index (χ0n) is 15.2. The zero-order valence-corrected chi connectivity index (χ0v) is 15.2. The molecule has 2 aliphatic heterocycles. The first-order valence-corrected chi connectivity index (χ1v) is 8.71. The van der Waals surface area contributed by atoms with Gasteiger partial charge in [-0.3, -0.25) is 14.4 Å². The van der Waals surface area contributed by atoms with Gasteiger partial charge in [0.05, 0.1) is 19.6 Å². The maximum Gasteiger partial charge on any atom is 0.306 e. The molecule has 2 aliphatic rings. The second kappa shape index (κ2) is 9.33. The highest BCUT2D eigenvalue weighted by Gasteiger charge is 2.48. The molecule has 26 heavy (non-hydrogen) atoms. The van der Waals surface area contributed by atoms with Gasteiger partial charge in [-0.25, -0.2) is 0 Å². The van der Waals surface area contributed by atoms with Crippen molar-refractivity contribution in [2.45, 2.75) is 19.4 Å². The lowest BCUT2D eigenvalue weighted by Crippen LogP contribution is -2.34. The minimum Gasteiger partial charge on any atom is -0.483 e. The third kappa shape index (κ3) is 4.60. The Kier molecular flexibility index (Phi) is 7.15. The van der Waals surface area contributed by atoms with E-state index < -0.39 is 0 Å². The summed E-state index contributed by atoms with van der Waals surface area (Å²) in [6.45, 7) is 4.85. The molecule has 142 valence electrons. The average molecular weight is 362 g/mol. The van der Waals surface area contributed by atoms with Gasteiger partial charge in [-0.05, 0) is 11.5 Å². The SMILES string of the molecule is COC(=O)CCN1C[C@@H]2CN(C(C)=O)[C@H](c3ccccc3)[C@@H]2C1.O=CO. The van der Waals surface area contributed by atoms with Crippen LogP contribution >= 0.6 is 0 Å². The Labute approximate surface area is 153 Å². The van der Waals surface area contributed by atoms with Crippen LogP contribution in [0.15, 0.2) is 30.3 Å². The van der Waals surface area contributed by atoms with Crippen molar-refractivity contribution in [1.82, 2.24) is 9.80 Å². The van der Waals surface area contributed by atoms with E-state index in [1.54, 1.807) is 6.92 Å². The molecule has 3 atom stereocenters. The Morgan fingerprint density at radius 2 is 1.88 bits per heavy atom. The molecule has 0 bridgehead atoms. The molecule has 2 fully saturated rings. The fourth-order valence-electron chi connectivity index (χ4n) is 4.07. The van der Waals surface area contributed by atoms with E-state index >= 15 is 0 Å². The number of esters is 1. The summed E-state index contributed by atoms with van der Waals surface area (Å²) >= 11 is 0. The molecular weight excluding hydrogens is 336 g/mol. The monoisotopic (exact) mass is 362 g/mol. The number of likely N-dealkylation sites (tertiary alicyclic amines) is 2. The molecule has 0 spiro atoms. The summed E-state index contributed by atoms with van der Waals surface area (Å²) in [6.07, 6.45) is 0.433. The molecule has 7 heteroatoms. The topological polar surface area (TPSA) is 87.2 Å². The molecular formula is C19H26N2O5. The van der Waals surface area contributed by atoms with E-state index in [1.807, 2.05) is 23.1 Å². The number of nitrogens with zero attached hydrogens (tertiary/aromatic N) is 2. The number of fused-ring (bicyclic) bond motifs is 1. The van der Waals surface area contributed by atoms with Crippen molar-refractivity contribution in [1.29, 1.82) is 0 Å². The summed E-state index contributed by atoms with van der Waals surface area (Å²) in [4.78, 5) is 36.1. The minimum atomic E-state index is -0.250. The summed E-state index contributed by atoms with van der Waals surface area (Å²) < 4.78 is 4.72. The molecule has 0 aromatic heterocycles. The second-order valence-corrected chi connectivity index (χ2v) is 6.64. The molecule has 1 aromatic carbocycles.